The average Bonchev–Trinajstić information content (AvgIpc) is 2.90. The highest BCUT2D eigenvalue weighted by atomic mass is 19.1. The molecule has 8 nitrogen and oxygen atoms in total. The minimum Gasteiger partial charge on any atom is -0.481 e. The molecule has 1 atom stereocenters. The van der Waals surface area contributed by atoms with Crippen molar-refractivity contribution in [3.05, 3.63) is 47.7 Å². The van der Waals surface area contributed by atoms with Gasteiger partial charge in [0.25, 0.3) is 6.36 Å². The highest BCUT2D eigenvalue weighted by molar-refractivity contribution is 5.73. The molecule has 11 heteroatoms. The quantitative estimate of drug-likeness (QED) is 0.463. The van der Waals surface area contributed by atoms with Crippen molar-refractivity contribution in [1.29, 1.82) is 0 Å². The standard InChI is InChI=1S/C27H31F3N6O2/c1-15(2)36-14-22(30)38-25-19(28)11-17(12-21(25)36)24-20(29)13-31-27(34-24)33-23-6-5-18(26(32-23)37-4)16-7-9-35(3)10-8-16/h5-6,11-13,15-16,22H,7-10,14H2,1-4H3,(H,31,32,33,34). The van der Waals surface area contributed by atoms with Crippen molar-refractivity contribution in [3.63, 3.8) is 0 Å². The second-order valence-electron chi connectivity index (χ2n) is 9.97. The van der Waals surface area contributed by atoms with Crippen LogP contribution in [0.25, 0.3) is 11.3 Å². The number of hydrogen-bond donors (Lipinski definition) is 1. The molecule has 1 N–H and O–H groups in total. The molecule has 0 bridgehead atoms. The molecule has 202 valence electrons. The lowest BCUT2D eigenvalue weighted by Gasteiger charge is -2.36. The molecule has 0 aliphatic carbocycles. The molecule has 0 spiro atoms. The van der Waals surface area contributed by atoms with Crippen molar-refractivity contribution in [3.8, 4) is 22.9 Å². The van der Waals surface area contributed by atoms with Crippen molar-refractivity contribution in [1.82, 2.24) is 19.9 Å². The molecule has 1 aromatic carbocycles. The summed E-state index contributed by atoms with van der Waals surface area (Å²) in [5.41, 5.74) is 1.46. The molecule has 0 amide bonds. The molecule has 2 aromatic heterocycles. The van der Waals surface area contributed by atoms with E-state index in [0.717, 1.165) is 43.8 Å². The number of rotatable bonds is 6. The first-order valence-corrected chi connectivity index (χ1v) is 12.7. The van der Waals surface area contributed by atoms with Crippen LogP contribution in [-0.4, -0.2) is 66.0 Å². The third-order valence-corrected chi connectivity index (χ3v) is 7.04. The van der Waals surface area contributed by atoms with Gasteiger partial charge in [-0.25, -0.2) is 18.7 Å². The van der Waals surface area contributed by atoms with Gasteiger partial charge >= 0.3 is 0 Å². The van der Waals surface area contributed by atoms with Crippen LogP contribution in [0.5, 0.6) is 11.6 Å². The Labute approximate surface area is 219 Å². The zero-order chi connectivity index (χ0) is 27.0. The van der Waals surface area contributed by atoms with E-state index in [1.165, 1.54) is 0 Å². The van der Waals surface area contributed by atoms with E-state index in [1.807, 2.05) is 26.0 Å². The van der Waals surface area contributed by atoms with Gasteiger partial charge in [-0.2, -0.15) is 9.37 Å². The highest BCUT2D eigenvalue weighted by Gasteiger charge is 2.31. The third kappa shape index (κ3) is 5.20. The molecular weight excluding hydrogens is 497 g/mol. The Morgan fingerprint density at radius 2 is 1.87 bits per heavy atom. The van der Waals surface area contributed by atoms with Gasteiger partial charge in [-0.1, -0.05) is 0 Å². The van der Waals surface area contributed by atoms with E-state index < -0.39 is 18.0 Å². The predicted molar refractivity (Wildman–Crippen MR) is 139 cm³/mol. The maximum atomic E-state index is 15.0. The molecule has 1 fully saturated rings. The fraction of sp³-hybridized carbons (Fsp3) is 0.444. The topological polar surface area (TPSA) is 75.6 Å². The Bertz CT molecular complexity index is 1320. The van der Waals surface area contributed by atoms with Crippen molar-refractivity contribution in [2.75, 3.05) is 44.0 Å². The number of methoxy groups -OCH3 is 1. The first-order chi connectivity index (χ1) is 18.2. The molecule has 3 aromatic rings. The second-order valence-corrected chi connectivity index (χ2v) is 9.97. The molecule has 0 radical (unpaired) electrons. The zero-order valence-corrected chi connectivity index (χ0v) is 21.8. The van der Waals surface area contributed by atoms with E-state index in [1.54, 1.807) is 18.1 Å². The summed E-state index contributed by atoms with van der Waals surface area (Å²) < 4.78 is 54.6. The van der Waals surface area contributed by atoms with Gasteiger partial charge in [0.2, 0.25) is 11.8 Å². The number of nitrogens with one attached hydrogen (secondary N) is 1. The van der Waals surface area contributed by atoms with Crippen LogP contribution in [0, 0.1) is 11.6 Å². The van der Waals surface area contributed by atoms with Gasteiger partial charge in [-0.05, 0) is 77.0 Å². The Kier molecular flexibility index (Phi) is 7.29. The minimum atomic E-state index is -1.66. The molecule has 38 heavy (non-hydrogen) atoms. The van der Waals surface area contributed by atoms with Crippen molar-refractivity contribution < 1.29 is 22.6 Å². The lowest BCUT2D eigenvalue weighted by atomic mass is 9.90. The van der Waals surface area contributed by atoms with Crippen molar-refractivity contribution in [2.24, 2.45) is 0 Å². The van der Waals surface area contributed by atoms with Crippen LogP contribution in [0.4, 0.5) is 30.6 Å². The summed E-state index contributed by atoms with van der Waals surface area (Å²) in [6.07, 6.45) is 1.40. The van der Waals surface area contributed by atoms with E-state index in [9.17, 15) is 13.2 Å². The normalized spacial score (nSPS) is 18.3. The van der Waals surface area contributed by atoms with Crippen molar-refractivity contribution >= 4 is 17.5 Å². The highest BCUT2D eigenvalue weighted by Crippen LogP contribution is 2.41. The first kappa shape index (κ1) is 26.0. The molecule has 2 aliphatic heterocycles. The number of pyridine rings is 1. The summed E-state index contributed by atoms with van der Waals surface area (Å²) in [7, 11) is 3.69. The fourth-order valence-electron chi connectivity index (χ4n) is 5.01. The minimum absolute atomic E-state index is 0.0618. The van der Waals surface area contributed by atoms with E-state index in [4.69, 9.17) is 9.47 Å². The number of benzene rings is 1. The van der Waals surface area contributed by atoms with Gasteiger partial charge in [0.15, 0.2) is 17.4 Å². The monoisotopic (exact) mass is 528 g/mol. The lowest BCUT2D eigenvalue weighted by Crippen LogP contribution is -2.42. The zero-order valence-electron chi connectivity index (χ0n) is 21.8. The Morgan fingerprint density at radius 1 is 1.11 bits per heavy atom. The molecule has 0 saturated carbocycles. The Balaban J connectivity index is 1.44. The van der Waals surface area contributed by atoms with Crippen LogP contribution in [0.3, 0.4) is 0 Å². The number of ether oxygens (including phenoxy) is 2. The van der Waals surface area contributed by atoms with E-state index in [-0.39, 0.29) is 35.5 Å². The van der Waals surface area contributed by atoms with Gasteiger partial charge in [0, 0.05) is 17.2 Å². The smallest absolute Gasteiger partial charge is 0.256 e. The van der Waals surface area contributed by atoms with Crippen LogP contribution >= 0.6 is 0 Å². The SMILES string of the molecule is COc1nc(Nc2ncc(F)c(-c3cc(F)c4c(c3)N(C(C)C)CC(F)O4)n2)ccc1C1CCN(C)CC1. The molecule has 2 aliphatic rings. The van der Waals surface area contributed by atoms with E-state index in [0.29, 0.717) is 23.3 Å². The van der Waals surface area contributed by atoms with E-state index >= 15 is 0 Å². The van der Waals surface area contributed by atoms with Crippen LogP contribution in [0.1, 0.15) is 38.2 Å². The maximum Gasteiger partial charge on any atom is 0.256 e. The summed E-state index contributed by atoms with van der Waals surface area (Å²) in [6, 6.07) is 6.30. The third-order valence-electron chi connectivity index (χ3n) is 7.04. The first-order valence-electron chi connectivity index (χ1n) is 12.7. The molecular formula is C27H31F3N6O2. The number of nitrogens with zero attached hydrogens (tertiary/aromatic N) is 5. The van der Waals surface area contributed by atoms with Gasteiger partial charge in [0.1, 0.15) is 11.5 Å². The number of halogens is 3. The van der Waals surface area contributed by atoms with Crippen LogP contribution in [0.15, 0.2) is 30.5 Å². The number of anilines is 3. The van der Waals surface area contributed by atoms with Crippen LogP contribution in [0.2, 0.25) is 0 Å². The summed E-state index contributed by atoms with van der Waals surface area (Å²) in [5.74, 6) is -0.331. The predicted octanol–water partition coefficient (Wildman–Crippen LogP) is 5.28. The van der Waals surface area contributed by atoms with Crippen molar-refractivity contribution in [2.45, 2.75) is 45.0 Å². The second kappa shape index (κ2) is 10.6. The summed E-state index contributed by atoms with van der Waals surface area (Å²) >= 11 is 0. The number of alkyl halides is 1. The Morgan fingerprint density at radius 3 is 2.58 bits per heavy atom. The van der Waals surface area contributed by atoms with E-state index in [2.05, 4.69) is 32.2 Å². The number of likely N-dealkylation sites (tertiary alicyclic amines) is 1. The van der Waals surface area contributed by atoms with Gasteiger partial charge in [-0.3, -0.25) is 0 Å². The number of hydrogen-bond acceptors (Lipinski definition) is 8. The summed E-state index contributed by atoms with van der Waals surface area (Å²) in [6.45, 7) is 5.68. The Hall–Kier alpha value is -3.60. The lowest BCUT2D eigenvalue weighted by molar-refractivity contribution is 0.0591. The van der Waals surface area contributed by atoms with Gasteiger partial charge in [-0.15, -0.1) is 0 Å². The molecule has 5 rings (SSSR count). The molecule has 4 heterocycles. The van der Waals surface area contributed by atoms with Crippen LogP contribution < -0.4 is 19.7 Å². The van der Waals surface area contributed by atoms with Gasteiger partial charge < -0.3 is 24.6 Å². The van der Waals surface area contributed by atoms with Gasteiger partial charge in [0.05, 0.1) is 25.5 Å². The fourth-order valence-corrected chi connectivity index (χ4v) is 5.01. The van der Waals surface area contributed by atoms with Crippen LogP contribution in [-0.2, 0) is 0 Å². The molecule has 1 saturated heterocycles. The largest absolute Gasteiger partial charge is 0.481 e. The number of aromatic nitrogens is 3. The summed E-state index contributed by atoms with van der Waals surface area (Å²) in [5, 5.41) is 3.00. The number of piperidine rings is 1. The summed E-state index contributed by atoms with van der Waals surface area (Å²) in [4.78, 5) is 16.9. The maximum absolute atomic E-state index is 15.0. The average molecular weight is 529 g/mol. The molecule has 1 unspecified atom stereocenters. The number of fused-ring (bicyclic) bond motifs is 1.